The van der Waals surface area contributed by atoms with E-state index in [1.807, 2.05) is 19.9 Å². The summed E-state index contributed by atoms with van der Waals surface area (Å²) in [5, 5.41) is 2.94. The van der Waals surface area contributed by atoms with Crippen LogP contribution in [0.2, 0.25) is 0 Å². The van der Waals surface area contributed by atoms with Crippen molar-refractivity contribution < 1.29 is 9.59 Å². The Morgan fingerprint density at radius 3 is 2.65 bits per heavy atom. The Kier molecular flexibility index (Phi) is 6.16. The first-order chi connectivity index (χ1) is 11.0. The minimum atomic E-state index is -0.0270. The van der Waals surface area contributed by atoms with Crippen molar-refractivity contribution in [3.05, 3.63) is 29.8 Å². The largest absolute Gasteiger partial charge is 0.339 e. The quantitative estimate of drug-likeness (QED) is 0.876. The van der Waals surface area contributed by atoms with E-state index in [0.717, 1.165) is 25.7 Å². The van der Waals surface area contributed by atoms with Crippen molar-refractivity contribution in [2.24, 2.45) is 11.7 Å². The predicted octanol–water partition coefficient (Wildman–Crippen LogP) is 2.62. The van der Waals surface area contributed by atoms with Crippen LogP contribution in [0, 0.1) is 5.92 Å². The maximum atomic E-state index is 12.4. The van der Waals surface area contributed by atoms with Gasteiger partial charge in [-0.1, -0.05) is 12.5 Å². The summed E-state index contributed by atoms with van der Waals surface area (Å²) in [6, 6.07) is 7.28. The van der Waals surface area contributed by atoms with E-state index in [9.17, 15) is 9.59 Å². The van der Waals surface area contributed by atoms with E-state index in [4.69, 9.17) is 5.73 Å². The normalized spacial score (nSPS) is 20.8. The summed E-state index contributed by atoms with van der Waals surface area (Å²) >= 11 is 0. The predicted molar refractivity (Wildman–Crippen MR) is 92.3 cm³/mol. The van der Waals surface area contributed by atoms with Crippen LogP contribution in [-0.2, 0) is 4.79 Å². The number of nitrogens with two attached hydrogens (primary N) is 1. The van der Waals surface area contributed by atoms with Crippen LogP contribution < -0.4 is 11.1 Å². The molecule has 0 bridgehead atoms. The van der Waals surface area contributed by atoms with Gasteiger partial charge in [0.2, 0.25) is 5.91 Å². The third-order valence-corrected chi connectivity index (χ3v) is 4.51. The van der Waals surface area contributed by atoms with Crippen LogP contribution in [0.3, 0.4) is 0 Å². The molecule has 0 heterocycles. The van der Waals surface area contributed by atoms with Gasteiger partial charge in [0.25, 0.3) is 5.91 Å². The van der Waals surface area contributed by atoms with E-state index < -0.39 is 0 Å². The summed E-state index contributed by atoms with van der Waals surface area (Å²) in [4.78, 5) is 26.5. The molecule has 0 spiro atoms. The van der Waals surface area contributed by atoms with Gasteiger partial charge < -0.3 is 16.0 Å². The molecule has 1 saturated carbocycles. The molecular formula is C18H27N3O2. The van der Waals surface area contributed by atoms with E-state index in [1.165, 1.54) is 0 Å². The molecule has 0 radical (unpaired) electrons. The monoisotopic (exact) mass is 317 g/mol. The Labute approximate surface area is 138 Å². The Morgan fingerprint density at radius 2 is 2.00 bits per heavy atom. The first-order valence-corrected chi connectivity index (χ1v) is 8.50. The van der Waals surface area contributed by atoms with Crippen LogP contribution in [0.15, 0.2) is 24.3 Å². The number of amides is 2. The van der Waals surface area contributed by atoms with Gasteiger partial charge in [0, 0.05) is 36.3 Å². The van der Waals surface area contributed by atoms with E-state index >= 15 is 0 Å². The highest BCUT2D eigenvalue weighted by Crippen LogP contribution is 2.24. The summed E-state index contributed by atoms with van der Waals surface area (Å²) in [5.74, 6) is -0.0285. The van der Waals surface area contributed by atoms with Crippen LogP contribution in [0.4, 0.5) is 5.69 Å². The van der Waals surface area contributed by atoms with E-state index in [2.05, 4.69) is 5.32 Å². The lowest BCUT2D eigenvalue weighted by Crippen LogP contribution is -2.34. The standard InChI is InChI=1S/C18H27N3O2/c1-3-21(4-2)18(23)14-8-6-10-16(12-14)20-17(22)13-7-5-9-15(19)11-13/h6,8,10,12-13,15H,3-5,7,9,11,19H2,1-2H3,(H,20,22). The molecule has 23 heavy (non-hydrogen) atoms. The van der Waals surface area contributed by atoms with Crippen molar-refractivity contribution in [1.29, 1.82) is 0 Å². The number of hydrogen-bond donors (Lipinski definition) is 2. The second-order valence-electron chi connectivity index (χ2n) is 6.17. The van der Waals surface area contributed by atoms with Crippen LogP contribution in [0.1, 0.15) is 49.9 Å². The van der Waals surface area contributed by atoms with Gasteiger partial charge in [0.15, 0.2) is 0 Å². The fraction of sp³-hybridized carbons (Fsp3) is 0.556. The Balaban J connectivity index is 2.05. The van der Waals surface area contributed by atoms with Gasteiger partial charge in [0.05, 0.1) is 0 Å². The molecule has 1 aromatic carbocycles. The van der Waals surface area contributed by atoms with Crippen molar-refractivity contribution in [1.82, 2.24) is 4.90 Å². The molecule has 1 fully saturated rings. The molecule has 5 nitrogen and oxygen atoms in total. The van der Waals surface area contributed by atoms with Gasteiger partial charge in [-0.25, -0.2) is 0 Å². The summed E-state index contributed by atoms with van der Waals surface area (Å²) in [7, 11) is 0. The van der Waals surface area contributed by atoms with E-state index in [0.29, 0.717) is 24.3 Å². The van der Waals surface area contributed by atoms with Gasteiger partial charge in [0.1, 0.15) is 0 Å². The van der Waals surface area contributed by atoms with Crippen molar-refractivity contribution in [3.8, 4) is 0 Å². The van der Waals surface area contributed by atoms with Crippen LogP contribution >= 0.6 is 0 Å². The molecule has 126 valence electrons. The molecule has 2 atom stereocenters. The maximum absolute atomic E-state index is 12.4. The maximum Gasteiger partial charge on any atom is 0.253 e. The molecule has 1 aromatic rings. The molecule has 2 amide bonds. The minimum Gasteiger partial charge on any atom is -0.339 e. The molecule has 5 heteroatoms. The Hall–Kier alpha value is -1.88. The lowest BCUT2D eigenvalue weighted by Gasteiger charge is -2.25. The van der Waals surface area contributed by atoms with Gasteiger partial charge in [-0.15, -0.1) is 0 Å². The smallest absolute Gasteiger partial charge is 0.253 e. The van der Waals surface area contributed by atoms with Crippen LogP contribution in [-0.4, -0.2) is 35.8 Å². The minimum absolute atomic E-state index is 0.00703. The number of nitrogens with zero attached hydrogens (tertiary/aromatic N) is 1. The highest BCUT2D eigenvalue weighted by atomic mass is 16.2. The molecule has 1 aliphatic rings. The fourth-order valence-electron chi connectivity index (χ4n) is 3.13. The molecule has 2 rings (SSSR count). The Morgan fingerprint density at radius 1 is 1.26 bits per heavy atom. The number of hydrogen-bond acceptors (Lipinski definition) is 3. The molecular weight excluding hydrogens is 290 g/mol. The summed E-state index contributed by atoms with van der Waals surface area (Å²) in [5.41, 5.74) is 7.23. The number of benzene rings is 1. The number of rotatable bonds is 5. The van der Waals surface area contributed by atoms with E-state index in [-0.39, 0.29) is 23.8 Å². The van der Waals surface area contributed by atoms with Crippen molar-refractivity contribution in [2.75, 3.05) is 18.4 Å². The van der Waals surface area contributed by atoms with Gasteiger partial charge >= 0.3 is 0 Å². The van der Waals surface area contributed by atoms with Crippen LogP contribution in [0.25, 0.3) is 0 Å². The SMILES string of the molecule is CCN(CC)C(=O)c1cccc(NC(=O)C2CCCC(N)C2)c1. The average molecular weight is 317 g/mol. The lowest BCUT2D eigenvalue weighted by molar-refractivity contribution is -0.120. The van der Waals surface area contributed by atoms with Gasteiger partial charge in [-0.2, -0.15) is 0 Å². The molecule has 0 aromatic heterocycles. The molecule has 0 aliphatic heterocycles. The third kappa shape index (κ3) is 4.55. The first-order valence-electron chi connectivity index (χ1n) is 8.50. The van der Waals surface area contributed by atoms with E-state index in [1.54, 1.807) is 23.1 Å². The second-order valence-corrected chi connectivity index (χ2v) is 6.17. The van der Waals surface area contributed by atoms with Crippen molar-refractivity contribution >= 4 is 17.5 Å². The highest BCUT2D eigenvalue weighted by molar-refractivity contribution is 5.97. The first kappa shape index (κ1) is 17.5. The summed E-state index contributed by atoms with van der Waals surface area (Å²) in [6.07, 6.45) is 3.62. The van der Waals surface area contributed by atoms with Crippen molar-refractivity contribution in [2.45, 2.75) is 45.6 Å². The zero-order valence-corrected chi connectivity index (χ0v) is 14.0. The number of carbonyl (C=O) groups excluding carboxylic acids is 2. The Bertz CT molecular complexity index is 555. The van der Waals surface area contributed by atoms with Crippen LogP contribution in [0.5, 0.6) is 0 Å². The second kappa shape index (κ2) is 8.11. The molecule has 2 unspecified atom stereocenters. The zero-order valence-electron chi connectivity index (χ0n) is 14.0. The summed E-state index contributed by atoms with van der Waals surface area (Å²) < 4.78 is 0. The number of carbonyl (C=O) groups is 2. The third-order valence-electron chi connectivity index (χ3n) is 4.51. The molecule has 3 N–H and O–H groups in total. The molecule has 0 saturated heterocycles. The van der Waals surface area contributed by atoms with Crippen molar-refractivity contribution in [3.63, 3.8) is 0 Å². The highest BCUT2D eigenvalue weighted by Gasteiger charge is 2.25. The van der Waals surface area contributed by atoms with Gasteiger partial charge in [-0.3, -0.25) is 9.59 Å². The molecule has 1 aliphatic carbocycles. The zero-order chi connectivity index (χ0) is 16.8. The summed E-state index contributed by atoms with van der Waals surface area (Å²) in [6.45, 7) is 5.26. The number of nitrogens with one attached hydrogen (secondary N) is 1. The fourth-order valence-corrected chi connectivity index (χ4v) is 3.13. The number of anilines is 1. The lowest BCUT2D eigenvalue weighted by atomic mass is 9.85. The topological polar surface area (TPSA) is 75.4 Å². The van der Waals surface area contributed by atoms with Gasteiger partial charge in [-0.05, 0) is 51.3 Å². The average Bonchev–Trinajstić information content (AvgIpc) is 2.56.